The van der Waals surface area contributed by atoms with E-state index in [4.69, 9.17) is 0 Å². The summed E-state index contributed by atoms with van der Waals surface area (Å²) in [5.41, 5.74) is 0. The van der Waals surface area contributed by atoms with Crippen LogP contribution in [0.15, 0.2) is 0 Å². The Bertz CT molecular complexity index is 289. The zero-order valence-electron chi connectivity index (χ0n) is 8.35. The predicted octanol–water partition coefficient (Wildman–Crippen LogP) is 3.63. The highest BCUT2D eigenvalue weighted by atomic mass is 35.5. The van der Waals surface area contributed by atoms with Gasteiger partial charge in [0.25, 0.3) is 0 Å². The van der Waals surface area contributed by atoms with Crippen molar-refractivity contribution in [1.29, 1.82) is 0 Å². The molecule has 0 N–H and O–H groups in total. The lowest BCUT2D eigenvalue weighted by atomic mass is 10.4. The molecule has 0 bridgehead atoms. The summed E-state index contributed by atoms with van der Waals surface area (Å²) >= 11 is 3.77. The molecule has 0 atom stereocenters. The third-order valence-electron chi connectivity index (χ3n) is 1.03. The van der Waals surface area contributed by atoms with E-state index in [0.717, 1.165) is 0 Å². The van der Waals surface area contributed by atoms with E-state index < -0.39 is 35.5 Å². The van der Waals surface area contributed by atoms with E-state index in [9.17, 15) is 57.9 Å². The van der Waals surface area contributed by atoms with E-state index in [1.54, 1.807) is 0 Å². The van der Waals surface area contributed by atoms with Gasteiger partial charge in [-0.25, -0.2) is 0 Å². The first-order chi connectivity index (χ1) is 8.31. The van der Waals surface area contributed by atoms with Crippen LogP contribution in [-0.4, -0.2) is 35.5 Å². The van der Waals surface area contributed by atoms with E-state index in [-0.39, 0.29) is 0 Å². The molecule has 0 fully saturated rings. The van der Waals surface area contributed by atoms with Gasteiger partial charge >= 0.3 is 35.5 Å². The minimum Gasteiger partial charge on any atom is -0.281 e. The number of ketones is 2. The van der Waals surface area contributed by atoms with Crippen LogP contribution in [0, 0.1) is 0 Å². The van der Waals surface area contributed by atoms with E-state index in [1.165, 1.54) is 0 Å². The second-order valence-electron chi connectivity index (χ2n) is 2.65. The molecule has 0 aliphatic rings. The topological polar surface area (TPSA) is 34.1 Å². The van der Waals surface area contributed by atoms with Gasteiger partial charge in [-0.15, -0.1) is 0 Å². The van der Waals surface area contributed by atoms with Gasteiger partial charge in [0.05, 0.1) is 0 Å². The second-order valence-corrected chi connectivity index (χ2v) is 3.12. The molecule has 0 radical (unpaired) electrons. The summed E-state index contributed by atoms with van der Waals surface area (Å²) < 4.78 is 121. The highest BCUT2D eigenvalue weighted by molar-refractivity contribution is 6.33. The summed E-state index contributed by atoms with van der Waals surface area (Å²) in [6, 6.07) is 0. The summed E-state index contributed by atoms with van der Waals surface area (Å²) in [5.74, 6) is -6.93. The van der Waals surface area contributed by atoms with Crippen molar-refractivity contribution in [2.45, 2.75) is 23.9 Å². The predicted molar refractivity (Wildman–Crippen MR) is 39.0 cm³/mol. The fraction of sp³-hybridized carbons (Fsp3) is 0.667. The molecule has 120 valence electrons. The smallest absolute Gasteiger partial charge is 0.281 e. The van der Waals surface area contributed by atoms with Crippen molar-refractivity contribution in [3.8, 4) is 0 Å². The Balaban J connectivity index is 0. The fourth-order valence-corrected chi connectivity index (χ4v) is 0.429. The highest BCUT2D eigenvalue weighted by Crippen LogP contribution is 2.30. The maximum Gasteiger partial charge on any atom is 0.459 e. The third kappa shape index (κ3) is 8.12. The number of hydrogen-bond donors (Lipinski definition) is 0. The Morgan fingerprint density at radius 1 is 0.550 bits per heavy atom. The third-order valence-corrected chi connectivity index (χ3v) is 1.20. The largest absolute Gasteiger partial charge is 0.459 e. The molecule has 14 heteroatoms. The van der Waals surface area contributed by atoms with Crippen LogP contribution in [0.4, 0.5) is 48.3 Å². The van der Waals surface area contributed by atoms with Crippen LogP contribution in [0.5, 0.6) is 0 Å². The zero-order chi connectivity index (χ0) is 17.2. The molecule has 0 unspecified atom stereocenters. The maximum absolute atomic E-state index is 11.3. The van der Waals surface area contributed by atoms with Crippen LogP contribution in [0.3, 0.4) is 0 Å². The Morgan fingerprint density at radius 2 is 0.750 bits per heavy atom. The molecular formula is C6ClF11O2. The van der Waals surface area contributed by atoms with Gasteiger partial charge in [0.15, 0.2) is 0 Å². The molecule has 0 aromatic rings. The lowest BCUT2D eigenvalue weighted by Crippen LogP contribution is -2.36. The quantitative estimate of drug-likeness (QED) is 0.536. The number of hydrogen-bond acceptors (Lipinski definition) is 2. The van der Waals surface area contributed by atoms with Crippen LogP contribution < -0.4 is 0 Å². The van der Waals surface area contributed by atoms with E-state index >= 15 is 0 Å². The molecule has 0 amide bonds. The standard InChI is InChI=1S/C3ClF5O.C3F6O/c2*4-2(5,6)1(10)3(7,8)9. The molecular weight excluding hydrogens is 348 g/mol. The lowest BCUT2D eigenvalue weighted by Gasteiger charge is -2.08. The molecule has 0 aliphatic carbocycles. The average molecular weight is 348 g/mol. The molecule has 0 spiro atoms. The lowest BCUT2D eigenvalue weighted by molar-refractivity contribution is -0.217. The van der Waals surface area contributed by atoms with Crippen molar-refractivity contribution < 1.29 is 57.9 Å². The van der Waals surface area contributed by atoms with Gasteiger partial charge in [0.2, 0.25) is 0 Å². The normalized spacial score (nSPS) is 13.4. The van der Waals surface area contributed by atoms with Crippen molar-refractivity contribution in [2.24, 2.45) is 0 Å². The second kappa shape index (κ2) is 6.10. The van der Waals surface area contributed by atoms with Gasteiger partial charge in [0, 0.05) is 0 Å². The first-order valence-corrected chi connectivity index (χ1v) is 4.05. The minimum absolute atomic E-state index is 3.25. The van der Waals surface area contributed by atoms with Crippen molar-refractivity contribution in [1.82, 2.24) is 0 Å². The molecule has 20 heavy (non-hydrogen) atoms. The summed E-state index contributed by atoms with van der Waals surface area (Å²) in [6.07, 6.45) is -17.2. The summed E-state index contributed by atoms with van der Waals surface area (Å²) in [6.45, 7) is 0. The molecule has 0 saturated heterocycles. The number of carbonyl (C=O) groups excluding carboxylic acids is 2. The van der Waals surface area contributed by atoms with Gasteiger partial charge in [-0.05, 0) is 11.6 Å². The van der Waals surface area contributed by atoms with Crippen molar-refractivity contribution in [3.63, 3.8) is 0 Å². The highest BCUT2D eigenvalue weighted by Gasteiger charge is 2.56. The summed E-state index contributed by atoms with van der Waals surface area (Å²) in [5, 5.41) is -4.85. The maximum atomic E-state index is 11.3. The molecule has 0 aromatic carbocycles. The Hall–Kier alpha value is -1.14. The van der Waals surface area contributed by atoms with Gasteiger partial charge < -0.3 is 0 Å². The number of rotatable bonds is 1. The van der Waals surface area contributed by atoms with Gasteiger partial charge in [-0.1, -0.05) is 0 Å². The molecule has 0 rings (SSSR count). The number of Topliss-reactive ketones (excluding diaryl/α,β-unsaturated/α-hetero) is 2. The van der Waals surface area contributed by atoms with Crippen LogP contribution in [0.25, 0.3) is 0 Å². The average Bonchev–Trinajstić information content (AvgIpc) is 2.10. The van der Waals surface area contributed by atoms with Crippen LogP contribution in [0.1, 0.15) is 0 Å². The fourth-order valence-electron chi connectivity index (χ4n) is 0.321. The van der Waals surface area contributed by atoms with E-state index in [2.05, 4.69) is 11.6 Å². The van der Waals surface area contributed by atoms with Gasteiger partial charge in [-0.2, -0.15) is 48.3 Å². The first kappa shape index (κ1) is 21.2. The SMILES string of the molecule is O=C(C(F)(F)F)C(F)(F)Cl.O=C(C(F)(F)F)C(F)(F)F. The number of alkyl halides is 12. The number of halogens is 12. The van der Waals surface area contributed by atoms with Crippen molar-refractivity contribution in [2.75, 3.05) is 0 Å². The van der Waals surface area contributed by atoms with E-state index in [1.807, 2.05) is 0 Å². The van der Waals surface area contributed by atoms with Gasteiger partial charge in [0.1, 0.15) is 0 Å². The summed E-state index contributed by atoms with van der Waals surface area (Å²) in [7, 11) is 0. The molecule has 0 saturated carbocycles. The van der Waals surface area contributed by atoms with Crippen LogP contribution in [-0.2, 0) is 9.59 Å². The minimum atomic E-state index is -5.82. The number of carbonyl (C=O) groups is 2. The Morgan fingerprint density at radius 3 is 0.750 bits per heavy atom. The molecule has 0 aliphatic heterocycles. The van der Waals surface area contributed by atoms with Crippen LogP contribution >= 0.6 is 11.6 Å². The van der Waals surface area contributed by atoms with Crippen molar-refractivity contribution >= 4 is 23.2 Å². The monoisotopic (exact) mass is 348 g/mol. The summed E-state index contributed by atoms with van der Waals surface area (Å²) in [4.78, 5) is 18.7. The molecule has 0 aromatic heterocycles. The van der Waals surface area contributed by atoms with Crippen LogP contribution in [0.2, 0.25) is 0 Å². The molecule has 0 heterocycles. The Labute approximate surface area is 106 Å². The zero-order valence-corrected chi connectivity index (χ0v) is 9.11. The van der Waals surface area contributed by atoms with Crippen molar-refractivity contribution in [3.05, 3.63) is 0 Å². The van der Waals surface area contributed by atoms with Gasteiger partial charge in [-0.3, -0.25) is 9.59 Å². The first-order valence-electron chi connectivity index (χ1n) is 3.68. The Kier molecular flexibility index (Phi) is 6.45. The van der Waals surface area contributed by atoms with E-state index in [0.29, 0.717) is 0 Å². The molecule has 2 nitrogen and oxygen atoms in total.